The average molecular weight is 491 g/mol. The summed E-state index contributed by atoms with van der Waals surface area (Å²) in [7, 11) is -2.69. The smallest absolute Gasteiger partial charge is 0.245 e. The van der Waals surface area contributed by atoms with E-state index in [1.54, 1.807) is 10.7 Å². The lowest BCUT2D eigenvalue weighted by Gasteiger charge is -2.25. The van der Waals surface area contributed by atoms with E-state index in [1.165, 1.54) is 0 Å². The van der Waals surface area contributed by atoms with Crippen LogP contribution in [0.3, 0.4) is 0 Å². The van der Waals surface area contributed by atoms with E-state index in [4.69, 9.17) is 5.10 Å². The molecule has 180 valence electrons. The first-order valence-corrected chi connectivity index (χ1v) is 12.5. The molecule has 2 aromatic carbocycles. The lowest BCUT2D eigenvalue weighted by atomic mass is 9.80. The summed E-state index contributed by atoms with van der Waals surface area (Å²) >= 11 is 0. The Hall–Kier alpha value is -3.76. The lowest BCUT2D eigenvalue weighted by Crippen LogP contribution is -2.16. The third-order valence-corrected chi connectivity index (χ3v) is 6.76. The summed E-state index contributed by atoms with van der Waals surface area (Å²) in [5, 5.41) is 11.0. The van der Waals surface area contributed by atoms with Crippen LogP contribution in [0.2, 0.25) is 0 Å². The van der Waals surface area contributed by atoms with E-state index in [1.807, 2.05) is 54.6 Å². The highest BCUT2D eigenvalue weighted by Crippen LogP contribution is 2.38. The maximum absolute atomic E-state index is 12.1. The maximum atomic E-state index is 12.1. The number of hydrogen-bond acceptors (Lipinski definition) is 6. The molecule has 3 heterocycles. The van der Waals surface area contributed by atoms with Crippen molar-refractivity contribution in [2.45, 2.75) is 38.6 Å². The van der Waals surface area contributed by atoms with Gasteiger partial charge in [0.15, 0.2) is 0 Å². The molecule has 0 bridgehead atoms. The minimum atomic E-state index is -2.69. The molecule has 9 nitrogen and oxygen atoms in total. The van der Waals surface area contributed by atoms with Crippen molar-refractivity contribution < 1.29 is 13.2 Å². The summed E-state index contributed by atoms with van der Waals surface area (Å²) in [5.74, 6) is 0.452. The van der Waals surface area contributed by atoms with Gasteiger partial charge in [-0.2, -0.15) is 0 Å². The van der Waals surface area contributed by atoms with Crippen molar-refractivity contribution in [2.24, 2.45) is 0 Å². The molecule has 10 heteroatoms. The molecular formula is C25H26N6O3S. The van der Waals surface area contributed by atoms with Crippen LogP contribution in [0.4, 0.5) is 17.3 Å². The highest BCUT2D eigenvalue weighted by atomic mass is 32.2. The van der Waals surface area contributed by atoms with Crippen LogP contribution in [-0.2, 0) is 27.6 Å². The van der Waals surface area contributed by atoms with E-state index >= 15 is 0 Å². The Morgan fingerprint density at radius 2 is 1.94 bits per heavy atom. The molecule has 4 aromatic rings. The van der Waals surface area contributed by atoms with Gasteiger partial charge in [-0.3, -0.25) is 4.79 Å². The third-order valence-electron chi connectivity index (χ3n) is 6.35. The van der Waals surface area contributed by atoms with Crippen LogP contribution in [0.25, 0.3) is 16.8 Å². The number of benzene rings is 2. The number of anilines is 3. The second-order valence-corrected chi connectivity index (χ2v) is 10.0. The van der Waals surface area contributed by atoms with Crippen LogP contribution < -0.4 is 15.4 Å². The molecule has 0 spiro atoms. The van der Waals surface area contributed by atoms with Crippen molar-refractivity contribution >= 4 is 39.6 Å². The SMILES string of the molecule is CC1(C)CCC(=O)Nc2ccc(Nc3ncc4ccc(-c5ccccc5CN[SH](=O)=O)n4n3)cc21. The second kappa shape index (κ2) is 9.12. The summed E-state index contributed by atoms with van der Waals surface area (Å²) in [5.41, 5.74) is 5.93. The number of amides is 1. The molecule has 0 saturated carbocycles. The molecule has 2 aromatic heterocycles. The average Bonchev–Trinajstić information content (AvgIpc) is 3.21. The Morgan fingerprint density at radius 1 is 1.11 bits per heavy atom. The van der Waals surface area contributed by atoms with Gasteiger partial charge in [0.1, 0.15) is 0 Å². The molecule has 1 aliphatic rings. The number of carbonyl (C=O) groups is 1. The zero-order chi connectivity index (χ0) is 24.6. The van der Waals surface area contributed by atoms with Crippen LogP contribution in [-0.4, -0.2) is 28.9 Å². The normalized spacial score (nSPS) is 15.0. The second-order valence-electron chi connectivity index (χ2n) is 9.20. The van der Waals surface area contributed by atoms with Crippen LogP contribution >= 0.6 is 0 Å². The predicted octanol–water partition coefficient (Wildman–Crippen LogP) is 3.77. The zero-order valence-electron chi connectivity index (χ0n) is 19.4. The van der Waals surface area contributed by atoms with Crippen molar-refractivity contribution in [1.82, 2.24) is 19.3 Å². The van der Waals surface area contributed by atoms with Gasteiger partial charge in [0.2, 0.25) is 22.7 Å². The topological polar surface area (TPSA) is 117 Å². The number of thiol groups is 1. The molecule has 0 atom stereocenters. The first-order chi connectivity index (χ1) is 16.8. The Kier molecular flexibility index (Phi) is 6.00. The summed E-state index contributed by atoms with van der Waals surface area (Å²) in [4.78, 5) is 16.5. The maximum Gasteiger partial charge on any atom is 0.245 e. The van der Waals surface area contributed by atoms with E-state index in [-0.39, 0.29) is 17.9 Å². The lowest BCUT2D eigenvalue weighted by molar-refractivity contribution is -0.116. The molecule has 0 radical (unpaired) electrons. The predicted molar refractivity (Wildman–Crippen MR) is 136 cm³/mol. The van der Waals surface area contributed by atoms with Crippen molar-refractivity contribution in [3.63, 3.8) is 0 Å². The Balaban J connectivity index is 1.49. The number of carbonyl (C=O) groups excluding carboxylic acids is 1. The number of nitrogens with zero attached hydrogens (tertiary/aromatic N) is 3. The van der Waals surface area contributed by atoms with Gasteiger partial charge in [0.25, 0.3) is 0 Å². The number of hydrogen-bond donors (Lipinski definition) is 4. The molecule has 1 aliphatic heterocycles. The Labute approximate surface area is 204 Å². The molecule has 35 heavy (non-hydrogen) atoms. The van der Waals surface area contributed by atoms with Gasteiger partial charge in [0.05, 0.1) is 17.4 Å². The van der Waals surface area contributed by atoms with Crippen LogP contribution in [0.15, 0.2) is 60.8 Å². The van der Waals surface area contributed by atoms with Crippen LogP contribution in [0.1, 0.15) is 37.8 Å². The quantitative estimate of drug-likeness (QED) is 0.306. The van der Waals surface area contributed by atoms with E-state index in [2.05, 4.69) is 34.2 Å². The van der Waals surface area contributed by atoms with Gasteiger partial charge in [-0.25, -0.2) is 22.6 Å². The number of nitrogens with one attached hydrogen (secondary N) is 3. The van der Waals surface area contributed by atoms with Gasteiger partial charge in [-0.05, 0) is 53.3 Å². The standard InChI is InChI=1S/C25H26N6O3S/c1-25(2)12-11-23(32)29-21-9-7-17(13-20(21)25)28-24-26-15-18-8-10-22(31(18)30-24)19-6-4-3-5-16(19)14-27-35(33)34/h3-10,13,15,35H,11-12,14H2,1-2H3,(H,28,30)(H,29,32)(H,27,33,34). The highest BCUT2D eigenvalue weighted by molar-refractivity contribution is 7.70. The van der Waals surface area contributed by atoms with E-state index in [0.29, 0.717) is 12.4 Å². The van der Waals surface area contributed by atoms with Gasteiger partial charge in [0, 0.05) is 29.9 Å². The first-order valence-electron chi connectivity index (χ1n) is 11.3. The van der Waals surface area contributed by atoms with Crippen molar-refractivity contribution in [2.75, 3.05) is 10.6 Å². The summed E-state index contributed by atoms with van der Waals surface area (Å²) in [6.45, 7) is 4.47. The Bertz CT molecular complexity index is 1500. The van der Waals surface area contributed by atoms with Crippen molar-refractivity contribution in [3.8, 4) is 11.3 Å². The van der Waals surface area contributed by atoms with Crippen LogP contribution in [0.5, 0.6) is 0 Å². The first kappa shape index (κ1) is 23.0. The highest BCUT2D eigenvalue weighted by Gasteiger charge is 2.28. The molecule has 0 aliphatic carbocycles. The molecule has 3 N–H and O–H groups in total. The Morgan fingerprint density at radius 3 is 2.77 bits per heavy atom. The number of rotatable bonds is 6. The molecular weight excluding hydrogens is 464 g/mol. The van der Waals surface area contributed by atoms with E-state index in [0.717, 1.165) is 45.7 Å². The summed E-state index contributed by atoms with van der Waals surface area (Å²) in [6.07, 6.45) is 2.99. The molecule has 5 rings (SSSR count). The number of fused-ring (bicyclic) bond motifs is 2. The van der Waals surface area contributed by atoms with Gasteiger partial charge >= 0.3 is 0 Å². The molecule has 1 amide bonds. The van der Waals surface area contributed by atoms with E-state index in [9.17, 15) is 13.2 Å². The fourth-order valence-corrected chi connectivity index (χ4v) is 4.73. The molecule has 0 unspecified atom stereocenters. The minimum Gasteiger partial charge on any atom is -0.326 e. The third kappa shape index (κ3) is 4.75. The number of aromatic nitrogens is 3. The fourth-order valence-electron chi connectivity index (χ4n) is 4.43. The van der Waals surface area contributed by atoms with Crippen molar-refractivity contribution in [3.05, 3.63) is 71.9 Å². The van der Waals surface area contributed by atoms with Crippen LogP contribution in [0, 0.1) is 0 Å². The van der Waals surface area contributed by atoms with Gasteiger partial charge in [-0.1, -0.05) is 38.1 Å². The largest absolute Gasteiger partial charge is 0.326 e. The van der Waals surface area contributed by atoms with Gasteiger partial charge in [-0.15, -0.1) is 5.10 Å². The molecule has 0 saturated heterocycles. The van der Waals surface area contributed by atoms with Crippen molar-refractivity contribution in [1.29, 1.82) is 0 Å². The minimum absolute atomic E-state index is 0.0315. The van der Waals surface area contributed by atoms with E-state index < -0.39 is 10.9 Å². The molecule has 0 fully saturated rings. The van der Waals surface area contributed by atoms with Gasteiger partial charge < -0.3 is 10.6 Å². The summed E-state index contributed by atoms with van der Waals surface area (Å²) in [6, 6.07) is 17.3. The summed E-state index contributed by atoms with van der Waals surface area (Å²) < 4.78 is 26.3. The fraction of sp³-hybridized carbons (Fsp3) is 0.240. The monoisotopic (exact) mass is 490 g/mol. The zero-order valence-corrected chi connectivity index (χ0v) is 20.3.